The first kappa shape index (κ1) is 23.9. The number of methoxy groups -OCH3 is 2. The van der Waals surface area contributed by atoms with Crippen molar-refractivity contribution in [2.75, 3.05) is 45.4 Å². The minimum atomic E-state index is -0.159. The summed E-state index contributed by atoms with van der Waals surface area (Å²) in [6, 6.07) is 15.1. The zero-order valence-electron chi connectivity index (χ0n) is 20.3. The molecule has 9 heteroatoms. The van der Waals surface area contributed by atoms with E-state index in [1.807, 2.05) is 42.5 Å². The summed E-state index contributed by atoms with van der Waals surface area (Å²) in [5.41, 5.74) is 4.23. The Morgan fingerprint density at radius 3 is 2.08 bits per heavy atom. The highest BCUT2D eigenvalue weighted by molar-refractivity contribution is 5.90. The average molecular weight is 489 g/mol. The lowest BCUT2D eigenvalue weighted by atomic mass is 10.1. The van der Waals surface area contributed by atoms with E-state index in [1.165, 1.54) is 0 Å². The molecule has 1 aliphatic rings. The van der Waals surface area contributed by atoms with Gasteiger partial charge in [-0.2, -0.15) is 0 Å². The summed E-state index contributed by atoms with van der Waals surface area (Å²) in [6.45, 7) is 2.39. The second-order valence-electron chi connectivity index (χ2n) is 8.41. The lowest BCUT2D eigenvalue weighted by Crippen LogP contribution is -2.37. The molecule has 1 aliphatic heterocycles. The molecular weight excluding hydrogens is 460 g/mol. The van der Waals surface area contributed by atoms with Gasteiger partial charge in [-0.3, -0.25) is 0 Å². The number of hydrogen-bond donors (Lipinski definition) is 2. The van der Waals surface area contributed by atoms with Crippen LogP contribution < -0.4 is 14.4 Å². The Labute approximate surface area is 208 Å². The molecule has 9 nitrogen and oxygen atoms in total. The zero-order chi connectivity index (χ0) is 25.1. The van der Waals surface area contributed by atoms with Gasteiger partial charge in [0.1, 0.15) is 17.3 Å². The topological polar surface area (TPSA) is 110 Å². The number of nitrogens with zero attached hydrogens (tertiary/aromatic N) is 4. The first-order chi connectivity index (χ1) is 17.6. The van der Waals surface area contributed by atoms with Crippen molar-refractivity contribution >= 4 is 16.9 Å². The molecule has 0 atom stereocenters. The van der Waals surface area contributed by atoms with Crippen LogP contribution in [0, 0.1) is 0 Å². The summed E-state index contributed by atoms with van der Waals surface area (Å²) in [5, 5.41) is 20.4. The van der Waals surface area contributed by atoms with E-state index >= 15 is 0 Å². The van der Waals surface area contributed by atoms with Gasteiger partial charge in [-0.1, -0.05) is 0 Å². The number of aromatic nitrogens is 3. The predicted molar refractivity (Wildman–Crippen MR) is 136 cm³/mol. The molecule has 4 aromatic rings. The van der Waals surface area contributed by atoms with Crippen molar-refractivity contribution in [3.63, 3.8) is 0 Å². The number of aliphatic hydroxyl groups excluding tert-OH is 2. The molecule has 0 spiro atoms. The Hall–Kier alpha value is -3.79. The summed E-state index contributed by atoms with van der Waals surface area (Å²) >= 11 is 0. The number of hydrogen-bond acceptors (Lipinski definition) is 9. The van der Waals surface area contributed by atoms with Crippen LogP contribution in [0.5, 0.6) is 11.5 Å². The minimum absolute atomic E-state index is 0.136. The molecule has 0 aliphatic carbocycles. The van der Waals surface area contributed by atoms with E-state index in [2.05, 4.69) is 4.90 Å². The lowest BCUT2D eigenvalue weighted by molar-refractivity contribution is 0.122. The molecule has 1 saturated heterocycles. The molecule has 5 rings (SSSR count). The van der Waals surface area contributed by atoms with Gasteiger partial charge < -0.3 is 29.3 Å². The Balaban J connectivity index is 1.66. The smallest absolute Gasteiger partial charge is 0.165 e. The largest absolute Gasteiger partial charge is 0.496 e. The molecule has 1 fully saturated rings. The first-order valence-corrected chi connectivity index (χ1v) is 11.7. The molecule has 0 radical (unpaired) electrons. The molecule has 2 aromatic heterocycles. The number of rotatable bonds is 7. The fourth-order valence-corrected chi connectivity index (χ4v) is 4.40. The summed E-state index contributed by atoms with van der Waals surface area (Å²) in [6.07, 6.45) is 0. The minimum Gasteiger partial charge on any atom is -0.496 e. The van der Waals surface area contributed by atoms with Crippen LogP contribution in [0.25, 0.3) is 33.7 Å². The summed E-state index contributed by atoms with van der Waals surface area (Å²) < 4.78 is 16.2. The molecule has 2 aromatic carbocycles. The maximum atomic E-state index is 9.81. The van der Waals surface area contributed by atoms with Crippen molar-refractivity contribution in [3.05, 3.63) is 59.7 Å². The number of ether oxygens (including phenoxy) is 3. The number of anilines is 1. The van der Waals surface area contributed by atoms with Crippen molar-refractivity contribution in [1.29, 1.82) is 0 Å². The Morgan fingerprint density at radius 1 is 0.806 bits per heavy atom. The van der Waals surface area contributed by atoms with Crippen molar-refractivity contribution in [2.45, 2.75) is 13.2 Å². The fourth-order valence-electron chi connectivity index (χ4n) is 4.40. The van der Waals surface area contributed by atoms with Crippen LogP contribution in [0.3, 0.4) is 0 Å². The van der Waals surface area contributed by atoms with Gasteiger partial charge in [0.05, 0.1) is 51.7 Å². The first-order valence-electron chi connectivity index (χ1n) is 11.7. The maximum Gasteiger partial charge on any atom is 0.165 e. The number of morpholine rings is 1. The van der Waals surface area contributed by atoms with Crippen LogP contribution in [0.2, 0.25) is 0 Å². The van der Waals surface area contributed by atoms with Crippen molar-refractivity contribution < 1.29 is 24.4 Å². The molecule has 186 valence electrons. The van der Waals surface area contributed by atoms with Gasteiger partial charge in [0.25, 0.3) is 0 Å². The van der Waals surface area contributed by atoms with Gasteiger partial charge in [-0.15, -0.1) is 0 Å². The predicted octanol–water partition coefficient (Wildman–Crippen LogP) is 3.20. The molecule has 3 heterocycles. The van der Waals surface area contributed by atoms with Crippen molar-refractivity contribution in [2.24, 2.45) is 0 Å². The molecule has 0 saturated carbocycles. The molecule has 36 heavy (non-hydrogen) atoms. The molecular formula is C27H28N4O5. The second-order valence-corrected chi connectivity index (χ2v) is 8.41. The Kier molecular flexibility index (Phi) is 6.95. The summed E-state index contributed by atoms with van der Waals surface area (Å²) in [4.78, 5) is 16.8. The second kappa shape index (κ2) is 10.4. The normalized spacial score (nSPS) is 13.7. The van der Waals surface area contributed by atoms with Gasteiger partial charge in [0.15, 0.2) is 11.5 Å². The van der Waals surface area contributed by atoms with Gasteiger partial charge in [-0.05, 0) is 48.5 Å². The van der Waals surface area contributed by atoms with Crippen LogP contribution in [0.4, 0.5) is 5.82 Å². The van der Waals surface area contributed by atoms with Gasteiger partial charge in [0.2, 0.25) is 0 Å². The van der Waals surface area contributed by atoms with Gasteiger partial charge in [0, 0.05) is 35.3 Å². The monoisotopic (exact) mass is 488 g/mol. The zero-order valence-corrected chi connectivity index (χ0v) is 20.3. The highest BCUT2D eigenvalue weighted by atomic mass is 16.5. The van der Waals surface area contributed by atoms with Crippen LogP contribution in [-0.2, 0) is 18.0 Å². The highest BCUT2D eigenvalue weighted by Crippen LogP contribution is 2.32. The van der Waals surface area contributed by atoms with Crippen LogP contribution in [0.1, 0.15) is 11.1 Å². The third-order valence-electron chi connectivity index (χ3n) is 6.31. The summed E-state index contributed by atoms with van der Waals surface area (Å²) in [7, 11) is 3.15. The Bertz CT molecular complexity index is 1380. The molecule has 0 amide bonds. The summed E-state index contributed by atoms with van der Waals surface area (Å²) in [5.74, 6) is 2.54. The van der Waals surface area contributed by atoms with Gasteiger partial charge >= 0.3 is 0 Å². The molecule has 0 unspecified atom stereocenters. The van der Waals surface area contributed by atoms with Crippen LogP contribution in [0.15, 0.2) is 48.5 Å². The fraction of sp³-hybridized carbons (Fsp3) is 0.296. The van der Waals surface area contributed by atoms with E-state index in [0.29, 0.717) is 47.3 Å². The molecule has 0 bridgehead atoms. The van der Waals surface area contributed by atoms with Gasteiger partial charge in [-0.25, -0.2) is 15.0 Å². The maximum absolute atomic E-state index is 9.81. The van der Waals surface area contributed by atoms with E-state index in [4.69, 9.17) is 29.2 Å². The third kappa shape index (κ3) is 4.56. The quantitative estimate of drug-likeness (QED) is 0.405. The standard InChI is InChI=1S/C27H28N4O5/c1-34-23-7-3-17(13-19(23)15-32)22-6-5-21-26(28-22)29-25(30-27(21)31-9-11-36-12-10-31)18-4-8-24(35-2)20(14-18)16-33/h3-8,13-14,32-33H,9-12,15-16H2,1-2H3. The number of pyridine rings is 1. The van der Waals surface area contributed by atoms with E-state index < -0.39 is 0 Å². The third-order valence-corrected chi connectivity index (χ3v) is 6.31. The highest BCUT2D eigenvalue weighted by Gasteiger charge is 2.20. The SMILES string of the molecule is COc1ccc(-c2ccc3c(N4CCOCC4)nc(-c4ccc(OC)c(CO)c4)nc3n2)cc1CO. The number of fused-ring (bicyclic) bond motifs is 1. The lowest BCUT2D eigenvalue weighted by Gasteiger charge is -2.29. The van der Waals surface area contributed by atoms with Crippen molar-refractivity contribution in [3.8, 4) is 34.1 Å². The average Bonchev–Trinajstić information content (AvgIpc) is 2.95. The van der Waals surface area contributed by atoms with E-state index in [1.54, 1.807) is 20.3 Å². The van der Waals surface area contributed by atoms with Crippen molar-refractivity contribution in [1.82, 2.24) is 15.0 Å². The van der Waals surface area contributed by atoms with Crippen LogP contribution in [-0.4, -0.2) is 65.7 Å². The van der Waals surface area contributed by atoms with Crippen LogP contribution >= 0.6 is 0 Å². The van der Waals surface area contributed by atoms with E-state index in [-0.39, 0.29) is 13.2 Å². The molecule has 2 N–H and O–H groups in total. The number of aliphatic hydroxyl groups is 2. The Morgan fingerprint density at radius 2 is 1.44 bits per heavy atom. The van der Waals surface area contributed by atoms with E-state index in [9.17, 15) is 10.2 Å². The number of benzene rings is 2. The van der Waals surface area contributed by atoms with E-state index in [0.717, 1.165) is 41.1 Å².